The van der Waals surface area contributed by atoms with Crippen LogP contribution in [0.25, 0.3) is 10.6 Å². The third kappa shape index (κ3) is 3.55. The zero-order valence-electron chi connectivity index (χ0n) is 16.5. The number of hydrogen-bond acceptors (Lipinski definition) is 4. The number of aromatic nitrogens is 1. The number of amides is 1. The lowest BCUT2D eigenvalue weighted by Gasteiger charge is -2.26. The minimum Gasteiger partial charge on any atom is -0.336 e. The van der Waals surface area contributed by atoms with Crippen molar-refractivity contribution in [3.63, 3.8) is 0 Å². The molecule has 26 heavy (non-hydrogen) atoms. The number of hydrogen-bond donors (Lipinski definition) is 0. The van der Waals surface area contributed by atoms with Crippen molar-refractivity contribution in [2.45, 2.75) is 47.1 Å². The molecule has 140 valence electrons. The van der Waals surface area contributed by atoms with Crippen LogP contribution in [-0.4, -0.2) is 52.9 Å². The van der Waals surface area contributed by atoms with Crippen molar-refractivity contribution in [3.05, 3.63) is 39.9 Å². The Morgan fingerprint density at radius 1 is 1.27 bits per heavy atom. The third-order valence-electron chi connectivity index (χ3n) is 5.61. The fourth-order valence-electron chi connectivity index (χ4n) is 3.80. The molecule has 5 heteroatoms. The first-order valence-corrected chi connectivity index (χ1v) is 10.3. The first kappa shape index (κ1) is 19.1. The number of nitrogens with zero attached hydrogens (tertiary/aromatic N) is 3. The molecule has 1 saturated heterocycles. The summed E-state index contributed by atoms with van der Waals surface area (Å²) in [6.07, 6.45) is 1.06. The van der Waals surface area contributed by atoms with Gasteiger partial charge in [0.25, 0.3) is 5.91 Å². The van der Waals surface area contributed by atoms with Gasteiger partial charge in [-0.2, -0.15) is 0 Å². The van der Waals surface area contributed by atoms with E-state index in [1.807, 2.05) is 11.8 Å². The third-order valence-corrected chi connectivity index (χ3v) is 6.78. The van der Waals surface area contributed by atoms with Gasteiger partial charge < -0.3 is 4.90 Å². The molecule has 0 aliphatic carbocycles. The van der Waals surface area contributed by atoms with Crippen LogP contribution in [0.15, 0.2) is 18.2 Å². The Morgan fingerprint density at radius 3 is 2.69 bits per heavy atom. The summed E-state index contributed by atoms with van der Waals surface area (Å²) in [7, 11) is 0. The van der Waals surface area contributed by atoms with Crippen LogP contribution in [0.3, 0.4) is 0 Å². The van der Waals surface area contributed by atoms with E-state index in [4.69, 9.17) is 4.98 Å². The lowest BCUT2D eigenvalue weighted by molar-refractivity contribution is 0.0782. The van der Waals surface area contributed by atoms with E-state index in [0.717, 1.165) is 53.7 Å². The minimum absolute atomic E-state index is 0.145. The molecule has 1 aliphatic heterocycles. The van der Waals surface area contributed by atoms with E-state index < -0.39 is 0 Å². The monoisotopic (exact) mass is 371 g/mol. The van der Waals surface area contributed by atoms with Gasteiger partial charge in [0.1, 0.15) is 9.88 Å². The largest absolute Gasteiger partial charge is 0.336 e. The quantitative estimate of drug-likeness (QED) is 0.787. The topological polar surface area (TPSA) is 36.4 Å². The highest BCUT2D eigenvalue weighted by Crippen LogP contribution is 2.32. The fourth-order valence-corrected chi connectivity index (χ4v) is 4.92. The van der Waals surface area contributed by atoms with E-state index >= 15 is 0 Å². The molecule has 2 heterocycles. The van der Waals surface area contributed by atoms with Crippen LogP contribution in [0.5, 0.6) is 0 Å². The molecule has 1 fully saturated rings. The van der Waals surface area contributed by atoms with Gasteiger partial charge in [-0.3, -0.25) is 9.69 Å². The Bertz CT molecular complexity index is 795. The number of aryl methyl sites for hydroxylation is 2. The molecule has 0 saturated carbocycles. The summed E-state index contributed by atoms with van der Waals surface area (Å²) in [5, 5.41) is 0.950. The summed E-state index contributed by atoms with van der Waals surface area (Å²) < 4.78 is 0. The number of carbonyl (C=O) groups is 1. The van der Waals surface area contributed by atoms with Crippen molar-refractivity contribution in [2.75, 3.05) is 26.2 Å². The molecule has 0 N–H and O–H groups in total. The second-order valence-electron chi connectivity index (χ2n) is 7.10. The molecule has 1 amide bonds. The maximum Gasteiger partial charge on any atom is 0.265 e. The van der Waals surface area contributed by atoms with Crippen molar-refractivity contribution < 1.29 is 4.79 Å². The molecule has 1 aliphatic rings. The highest BCUT2D eigenvalue weighted by molar-refractivity contribution is 7.17. The fraction of sp³-hybridized carbons (Fsp3) is 0.524. The average molecular weight is 372 g/mol. The van der Waals surface area contributed by atoms with Gasteiger partial charge in [0.05, 0.1) is 5.69 Å². The molecule has 0 spiro atoms. The van der Waals surface area contributed by atoms with Crippen LogP contribution < -0.4 is 0 Å². The Balaban J connectivity index is 1.81. The molecule has 2 aromatic rings. The standard InChI is InChI=1S/C21H29N3OS/c1-6-23(7-2)17-11-12-24(13-17)21(25)19-16(5)22-20(26-19)18-10-8-9-14(3)15(18)4/h8-10,17H,6-7,11-13H2,1-5H3. The average Bonchev–Trinajstić information content (AvgIpc) is 3.25. The van der Waals surface area contributed by atoms with Gasteiger partial charge in [-0.1, -0.05) is 32.0 Å². The summed E-state index contributed by atoms with van der Waals surface area (Å²) in [5.41, 5.74) is 4.48. The lowest BCUT2D eigenvalue weighted by Crippen LogP contribution is -2.38. The normalized spacial score (nSPS) is 17.3. The summed E-state index contributed by atoms with van der Waals surface area (Å²) >= 11 is 1.54. The first-order valence-electron chi connectivity index (χ1n) is 9.53. The molecular formula is C21H29N3OS. The summed E-state index contributed by atoms with van der Waals surface area (Å²) in [4.78, 5) is 23.1. The predicted molar refractivity (Wildman–Crippen MR) is 109 cm³/mol. The molecule has 4 nitrogen and oxygen atoms in total. The molecule has 0 radical (unpaired) electrons. The minimum atomic E-state index is 0.145. The van der Waals surface area contributed by atoms with E-state index in [9.17, 15) is 4.79 Å². The SMILES string of the molecule is CCN(CC)C1CCN(C(=O)c2sc(-c3cccc(C)c3C)nc2C)C1. The van der Waals surface area contributed by atoms with Crippen LogP contribution in [0.2, 0.25) is 0 Å². The zero-order chi connectivity index (χ0) is 18.8. The van der Waals surface area contributed by atoms with E-state index in [2.05, 4.69) is 50.8 Å². The number of carbonyl (C=O) groups excluding carboxylic acids is 1. The van der Waals surface area contributed by atoms with Gasteiger partial charge in [-0.25, -0.2) is 4.98 Å². The predicted octanol–water partition coefficient (Wildman–Crippen LogP) is 4.29. The smallest absolute Gasteiger partial charge is 0.265 e. The van der Waals surface area contributed by atoms with Crippen molar-refractivity contribution in [2.24, 2.45) is 0 Å². The van der Waals surface area contributed by atoms with Gasteiger partial charge in [0.2, 0.25) is 0 Å². The molecule has 1 unspecified atom stereocenters. The molecule has 1 atom stereocenters. The molecule has 1 aromatic heterocycles. The van der Waals surface area contributed by atoms with E-state index in [-0.39, 0.29) is 5.91 Å². The first-order chi connectivity index (χ1) is 12.5. The van der Waals surface area contributed by atoms with Gasteiger partial charge >= 0.3 is 0 Å². The van der Waals surface area contributed by atoms with Crippen molar-refractivity contribution in [1.82, 2.24) is 14.8 Å². The van der Waals surface area contributed by atoms with Crippen LogP contribution in [0, 0.1) is 20.8 Å². The summed E-state index contributed by atoms with van der Waals surface area (Å²) in [5.74, 6) is 0.145. The highest BCUT2D eigenvalue weighted by Gasteiger charge is 2.31. The van der Waals surface area contributed by atoms with Crippen LogP contribution >= 0.6 is 11.3 Å². The Labute approximate surface area is 160 Å². The maximum atomic E-state index is 13.1. The van der Waals surface area contributed by atoms with E-state index in [0.29, 0.717) is 6.04 Å². The second-order valence-corrected chi connectivity index (χ2v) is 8.09. The van der Waals surface area contributed by atoms with Crippen LogP contribution in [-0.2, 0) is 0 Å². The number of likely N-dealkylation sites (N-methyl/N-ethyl adjacent to an activating group) is 1. The number of likely N-dealkylation sites (tertiary alicyclic amines) is 1. The lowest BCUT2D eigenvalue weighted by atomic mass is 10.0. The van der Waals surface area contributed by atoms with E-state index in [1.54, 1.807) is 0 Å². The maximum absolute atomic E-state index is 13.1. The second kappa shape index (κ2) is 7.89. The van der Waals surface area contributed by atoms with Crippen LogP contribution in [0.1, 0.15) is 46.8 Å². The Hall–Kier alpha value is -1.72. The zero-order valence-corrected chi connectivity index (χ0v) is 17.3. The molecule has 0 bridgehead atoms. The molecule has 3 rings (SSSR count). The number of thiazole rings is 1. The molecular weight excluding hydrogens is 342 g/mol. The van der Waals surface area contributed by atoms with Gasteiger partial charge in [0.15, 0.2) is 0 Å². The Morgan fingerprint density at radius 2 is 2.00 bits per heavy atom. The Kier molecular flexibility index (Phi) is 5.78. The van der Waals surface area contributed by atoms with Crippen molar-refractivity contribution in [3.8, 4) is 10.6 Å². The van der Waals surface area contributed by atoms with Crippen molar-refractivity contribution in [1.29, 1.82) is 0 Å². The summed E-state index contributed by atoms with van der Waals surface area (Å²) in [6, 6.07) is 6.76. The van der Waals surface area contributed by atoms with E-state index in [1.165, 1.54) is 22.5 Å². The van der Waals surface area contributed by atoms with Gasteiger partial charge in [-0.15, -0.1) is 11.3 Å². The van der Waals surface area contributed by atoms with Crippen LogP contribution in [0.4, 0.5) is 0 Å². The molecule has 1 aromatic carbocycles. The number of rotatable bonds is 5. The number of benzene rings is 1. The van der Waals surface area contributed by atoms with Gasteiger partial charge in [-0.05, 0) is 51.4 Å². The van der Waals surface area contributed by atoms with Crippen molar-refractivity contribution >= 4 is 17.2 Å². The van der Waals surface area contributed by atoms with Gasteiger partial charge in [0, 0.05) is 24.7 Å². The highest BCUT2D eigenvalue weighted by atomic mass is 32.1. The summed E-state index contributed by atoms with van der Waals surface area (Å²) in [6.45, 7) is 14.3.